The summed E-state index contributed by atoms with van der Waals surface area (Å²) in [4.78, 5) is 34.8. The summed E-state index contributed by atoms with van der Waals surface area (Å²) in [7, 11) is 0. The lowest BCUT2D eigenvalue weighted by atomic mass is 10.2. The summed E-state index contributed by atoms with van der Waals surface area (Å²) in [5, 5.41) is 3.78. The zero-order valence-electron chi connectivity index (χ0n) is 13.8. The first-order valence-electron chi connectivity index (χ1n) is 8.19. The average molecular weight is 344 g/mol. The predicted molar refractivity (Wildman–Crippen MR) is 96.4 cm³/mol. The van der Waals surface area contributed by atoms with Crippen molar-refractivity contribution in [1.29, 1.82) is 0 Å². The van der Waals surface area contributed by atoms with Crippen molar-refractivity contribution in [2.45, 2.75) is 39.2 Å². The van der Waals surface area contributed by atoms with Gasteiger partial charge in [0, 0.05) is 18.1 Å². The predicted octanol–water partition coefficient (Wildman–Crippen LogP) is 2.87. The molecule has 0 saturated carbocycles. The Morgan fingerprint density at radius 1 is 1.38 bits per heavy atom. The molecule has 0 aromatic carbocycles. The number of amides is 1. The molecule has 0 unspecified atom stereocenters. The van der Waals surface area contributed by atoms with Gasteiger partial charge in [-0.2, -0.15) is 0 Å². The number of aromatic nitrogens is 3. The molecular formula is C17H20N4O2S. The maximum absolute atomic E-state index is 12.9. The number of hydrogen-bond donors (Lipinski definition) is 1. The number of carbonyl (C=O) groups excluding carboxylic acids is 1. The molecule has 0 spiro atoms. The van der Waals surface area contributed by atoms with Crippen molar-refractivity contribution in [2.75, 3.05) is 6.54 Å². The highest BCUT2D eigenvalue weighted by Gasteiger charge is 2.21. The Morgan fingerprint density at radius 3 is 2.96 bits per heavy atom. The molecule has 3 aromatic heterocycles. The third-order valence-corrected chi connectivity index (χ3v) is 5.13. The fourth-order valence-corrected chi connectivity index (χ4v) is 3.75. The summed E-state index contributed by atoms with van der Waals surface area (Å²) in [5.41, 5.74) is 0.478. The van der Waals surface area contributed by atoms with E-state index in [-0.39, 0.29) is 11.5 Å². The van der Waals surface area contributed by atoms with E-state index >= 15 is 0 Å². The molecule has 0 bridgehead atoms. The first-order chi connectivity index (χ1) is 11.7. The van der Waals surface area contributed by atoms with E-state index in [0.717, 1.165) is 23.1 Å². The number of nitrogens with zero attached hydrogens (tertiary/aromatic N) is 3. The zero-order valence-corrected chi connectivity index (χ0v) is 14.6. The molecule has 1 amide bonds. The monoisotopic (exact) mass is 344 g/mol. The van der Waals surface area contributed by atoms with E-state index in [4.69, 9.17) is 0 Å². The molecule has 0 saturated heterocycles. The van der Waals surface area contributed by atoms with Crippen molar-refractivity contribution >= 4 is 37.7 Å². The molecule has 0 aliphatic rings. The van der Waals surface area contributed by atoms with Crippen molar-refractivity contribution in [1.82, 2.24) is 19.9 Å². The number of hydrogen-bond acceptors (Lipinski definition) is 5. The second-order valence-corrected chi connectivity index (χ2v) is 6.66. The Labute approximate surface area is 143 Å². The molecule has 1 N–H and O–H groups in total. The van der Waals surface area contributed by atoms with Gasteiger partial charge in [0.05, 0.1) is 11.8 Å². The zero-order chi connectivity index (χ0) is 17.1. The lowest BCUT2D eigenvalue weighted by Crippen LogP contribution is -2.37. The highest BCUT2D eigenvalue weighted by Crippen LogP contribution is 2.28. The number of fused-ring (bicyclic) bond motifs is 3. The van der Waals surface area contributed by atoms with Crippen molar-refractivity contribution in [3.8, 4) is 0 Å². The third kappa shape index (κ3) is 2.91. The van der Waals surface area contributed by atoms with Gasteiger partial charge in [-0.25, -0.2) is 9.97 Å². The molecule has 3 aromatic rings. The number of rotatable bonds is 6. The summed E-state index contributed by atoms with van der Waals surface area (Å²) in [6, 6.07) is 3.20. The van der Waals surface area contributed by atoms with E-state index < -0.39 is 6.04 Å². The van der Waals surface area contributed by atoms with Gasteiger partial charge in [0.1, 0.15) is 15.6 Å². The fraction of sp³-hybridized carbons (Fsp3) is 0.412. The van der Waals surface area contributed by atoms with Crippen molar-refractivity contribution in [2.24, 2.45) is 0 Å². The smallest absolute Gasteiger partial charge is 0.272 e. The third-order valence-electron chi connectivity index (χ3n) is 4.03. The first kappa shape index (κ1) is 16.6. The second kappa shape index (κ2) is 7.09. The van der Waals surface area contributed by atoms with E-state index in [1.807, 2.05) is 19.1 Å². The van der Waals surface area contributed by atoms with Gasteiger partial charge in [0.25, 0.3) is 5.56 Å². The topological polar surface area (TPSA) is 76.9 Å². The Balaban J connectivity index is 2.02. The maximum Gasteiger partial charge on any atom is 0.272 e. The van der Waals surface area contributed by atoms with Crippen LogP contribution in [0.4, 0.5) is 0 Å². The number of nitrogens with one attached hydrogen (secondary N) is 1. The summed E-state index contributed by atoms with van der Waals surface area (Å²) < 4.78 is 1.99. The largest absolute Gasteiger partial charge is 0.354 e. The van der Waals surface area contributed by atoms with Gasteiger partial charge in [0.15, 0.2) is 0 Å². The molecule has 3 heterocycles. The summed E-state index contributed by atoms with van der Waals surface area (Å²) in [6.45, 7) is 4.59. The molecule has 0 aliphatic carbocycles. The number of pyridine rings is 1. The quantitative estimate of drug-likeness (QED) is 0.698. The number of thiophene rings is 1. The molecule has 24 heavy (non-hydrogen) atoms. The summed E-state index contributed by atoms with van der Waals surface area (Å²) in [6.07, 6.45) is 5.66. The van der Waals surface area contributed by atoms with E-state index in [2.05, 4.69) is 22.2 Å². The second-order valence-electron chi connectivity index (χ2n) is 5.66. The lowest BCUT2D eigenvalue weighted by molar-refractivity contribution is -0.124. The highest BCUT2D eigenvalue weighted by molar-refractivity contribution is 7.25. The molecule has 6 nitrogen and oxygen atoms in total. The van der Waals surface area contributed by atoms with E-state index in [1.54, 1.807) is 6.20 Å². The normalized spacial score (nSPS) is 12.6. The van der Waals surface area contributed by atoms with Crippen LogP contribution in [0.15, 0.2) is 29.5 Å². The van der Waals surface area contributed by atoms with Gasteiger partial charge in [-0.3, -0.25) is 14.2 Å². The van der Waals surface area contributed by atoms with Crippen LogP contribution >= 0.6 is 11.3 Å². The molecule has 0 fully saturated rings. The molecule has 126 valence electrons. The van der Waals surface area contributed by atoms with Crippen molar-refractivity contribution < 1.29 is 4.79 Å². The van der Waals surface area contributed by atoms with Crippen LogP contribution in [-0.4, -0.2) is 27.0 Å². The maximum atomic E-state index is 12.9. The van der Waals surface area contributed by atoms with E-state index in [1.165, 1.54) is 22.2 Å². The first-order valence-corrected chi connectivity index (χ1v) is 9.01. The van der Waals surface area contributed by atoms with Gasteiger partial charge < -0.3 is 5.32 Å². The fourth-order valence-electron chi connectivity index (χ4n) is 2.72. The van der Waals surface area contributed by atoms with Gasteiger partial charge in [0.2, 0.25) is 5.91 Å². The Morgan fingerprint density at radius 2 is 2.21 bits per heavy atom. The van der Waals surface area contributed by atoms with Gasteiger partial charge >= 0.3 is 0 Å². The summed E-state index contributed by atoms with van der Waals surface area (Å²) >= 11 is 1.32. The van der Waals surface area contributed by atoms with Crippen LogP contribution < -0.4 is 10.9 Å². The van der Waals surface area contributed by atoms with Crippen molar-refractivity contribution in [3.63, 3.8) is 0 Å². The van der Waals surface area contributed by atoms with Crippen LogP contribution in [0.5, 0.6) is 0 Å². The molecule has 0 aliphatic heterocycles. The Bertz CT molecular complexity index is 931. The minimum atomic E-state index is -0.538. The van der Waals surface area contributed by atoms with Crippen LogP contribution in [0, 0.1) is 0 Å². The van der Waals surface area contributed by atoms with Crippen LogP contribution in [0.25, 0.3) is 20.4 Å². The van der Waals surface area contributed by atoms with Gasteiger partial charge in [-0.1, -0.05) is 20.3 Å². The Hall–Kier alpha value is -2.28. The SMILES string of the molecule is CCCCNC(=O)[C@@H](CC)n1cnc2c(sc3ncccc32)c1=O. The van der Waals surface area contributed by atoms with E-state index in [0.29, 0.717) is 23.2 Å². The van der Waals surface area contributed by atoms with Crippen LogP contribution in [0.2, 0.25) is 0 Å². The molecule has 7 heteroatoms. The minimum Gasteiger partial charge on any atom is -0.354 e. The van der Waals surface area contributed by atoms with Crippen LogP contribution in [0.1, 0.15) is 39.2 Å². The molecule has 1 atom stereocenters. The molecular weight excluding hydrogens is 324 g/mol. The molecule has 3 rings (SSSR count). The molecule has 0 radical (unpaired) electrons. The van der Waals surface area contributed by atoms with Crippen LogP contribution in [0.3, 0.4) is 0 Å². The van der Waals surface area contributed by atoms with Crippen molar-refractivity contribution in [3.05, 3.63) is 35.0 Å². The lowest BCUT2D eigenvalue weighted by Gasteiger charge is -2.17. The van der Waals surface area contributed by atoms with Gasteiger partial charge in [-0.15, -0.1) is 11.3 Å². The summed E-state index contributed by atoms with van der Waals surface area (Å²) in [5.74, 6) is -0.131. The highest BCUT2D eigenvalue weighted by atomic mass is 32.1. The van der Waals surface area contributed by atoms with E-state index in [9.17, 15) is 9.59 Å². The van der Waals surface area contributed by atoms with Gasteiger partial charge in [-0.05, 0) is 25.0 Å². The average Bonchev–Trinajstić information content (AvgIpc) is 2.97. The standard InChI is InChI=1S/C17H20N4O2S/c1-3-5-8-18-15(22)12(4-2)21-10-20-13-11-7-6-9-19-16(11)24-14(13)17(21)23/h6-7,9-10,12H,3-5,8H2,1-2H3,(H,18,22)/t12-/m1/s1. The minimum absolute atomic E-state index is 0.131. The number of carbonyl (C=O) groups is 1. The number of unbranched alkanes of at least 4 members (excludes halogenated alkanes) is 1. The van der Waals surface area contributed by atoms with Crippen LogP contribution in [-0.2, 0) is 4.79 Å². The Kier molecular flexibility index (Phi) is 4.89.